The lowest BCUT2D eigenvalue weighted by Crippen LogP contribution is -1.97. The Hall–Kier alpha value is -6.13. The number of fused-ring (bicyclic) bond motifs is 10. The van der Waals surface area contributed by atoms with Crippen molar-refractivity contribution in [3.63, 3.8) is 0 Å². The molecule has 0 spiro atoms. The first-order chi connectivity index (χ1) is 22.4. The highest BCUT2D eigenvalue weighted by Gasteiger charge is 2.23. The Morgan fingerprint density at radius 2 is 1.07 bits per heavy atom. The lowest BCUT2D eigenvalue weighted by Gasteiger charge is -2.11. The zero-order chi connectivity index (χ0) is 29.5. The smallest absolute Gasteiger partial charge is 0.113 e. The summed E-state index contributed by atoms with van der Waals surface area (Å²) >= 11 is 0. The first-order valence-electron chi connectivity index (χ1n) is 15.3. The van der Waals surface area contributed by atoms with Gasteiger partial charge in [-0.05, 0) is 65.4 Å². The van der Waals surface area contributed by atoms with Crippen LogP contribution in [-0.4, -0.2) is 18.7 Å². The Kier molecular flexibility index (Phi) is 4.96. The number of para-hydroxylation sites is 4. The third kappa shape index (κ3) is 3.34. The molecule has 0 atom stereocenters. The Labute approximate surface area is 258 Å². The fraction of sp³-hybridized carbons (Fsp3) is 0. The molecule has 7 aromatic carbocycles. The molecule has 0 aliphatic carbocycles. The van der Waals surface area contributed by atoms with Gasteiger partial charge in [0.25, 0.3) is 0 Å². The van der Waals surface area contributed by atoms with Crippen molar-refractivity contribution in [2.24, 2.45) is 0 Å². The van der Waals surface area contributed by atoms with E-state index in [-0.39, 0.29) is 0 Å². The van der Waals surface area contributed by atoms with E-state index >= 15 is 0 Å². The van der Waals surface area contributed by atoms with Gasteiger partial charge in [-0.3, -0.25) is 4.57 Å². The highest BCUT2D eigenvalue weighted by molar-refractivity contribution is 6.31. The van der Waals surface area contributed by atoms with E-state index in [2.05, 4.69) is 159 Å². The molecule has 0 radical (unpaired) electrons. The summed E-state index contributed by atoms with van der Waals surface area (Å²) in [6, 6.07) is 54.4. The number of rotatable bonds is 3. The summed E-state index contributed by atoms with van der Waals surface area (Å²) in [6.07, 6.45) is 1.95. The monoisotopic (exact) mass is 574 g/mol. The van der Waals surface area contributed by atoms with Gasteiger partial charge >= 0.3 is 0 Å². The standard InChI is InChI=1S/C41H26N4/c1-3-13-28(14-4-1)43-26-42-40-36(43)20-11-21-37(40)45-33-19-10-9-18-31(33)32-23-25-35-39(41(32)45)38-30-17-8-7-12-27(30)22-24-34(38)44(35)29-15-5-2-6-16-29/h1-26H. The summed E-state index contributed by atoms with van der Waals surface area (Å²) < 4.78 is 7.05. The largest absolute Gasteiger partial charge is 0.309 e. The molecule has 3 aromatic heterocycles. The van der Waals surface area contributed by atoms with E-state index in [1.807, 2.05) is 12.4 Å². The second-order valence-electron chi connectivity index (χ2n) is 11.7. The van der Waals surface area contributed by atoms with Crippen molar-refractivity contribution in [3.8, 4) is 17.1 Å². The summed E-state index contributed by atoms with van der Waals surface area (Å²) in [5, 5.41) is 7.47. The van der Waals surface area contributed by atoms with Gasteiger partial charge in [-0.2, -0.15) is 0 Å². The minimum atomic E-state index is 0.970. The van der Waals surface area contributed by atoms with Gasteiger partial charge in [0.15, 0.2) is 0 Å². The summed E-state index contributed by atoms with van der Waals surface area (Å²) in [5.74, 6) is 0. The van der Waals surface area contributed by atoms with Crippen LogP contribution in [-0.2, 0) is 0 Å². The Morgan fingerprint density at radius 3 is 1.91 bits per heavy atom. The molecule has 45 heavy (non-hydrogen) atoms. The van der Waals surface area contributed by atoms with E-state index < -0.39 is 0 Å². The van der Waals surface area contributed by atoms with Gasteiger partial charge in [0.1, 0.15) is 11.8 Å². The minimum Gasteiger partial charge on any atom is -0.309 e. The van der Waals surface area contributed by atoms with E-state index in [0.717, 1.165) is 28.1 Å². The molecule has 0 aliphatic rings. The zero-order valence-corrected chi connectivity index (χ0v) is 24.3. The maximum atomic E-state index is 5.05. The maximum Gasteiger partial charge on any atom is 0.113 e. The Balaban J connectivity index is 1.43. The lowest BCUT2D eigenvalue weighted by atomic mass is 10.0. The highest BCUT2D eigenvalue weighted by Crippen LogP contribution is 2.44. The van der Waals surface area contributed by atoms with Crippen molar-refractivity contribution in [1.82, 2.24) is 18.7 Å². The van der Waals surface area contributed by atoms with Crippen molar-refractivity contribution in [2.45, 2.75) is 0 Å². The molecule has 210 valence electrons. The average Bonchev–Trinajstić information content (AvgIpc) is 3.79. The second-order valence-corrected chi connectivity index (χ2v) is 11.7. The van der Waals surface area contributed by atoms with Crippen LogP contribution in [0, 0.1) is 0 Å². The van der Waals surface area contributed by atoms with Crippen LogP contribution in [0.1, 0.15) is 0 Å². The fourth-order valence-electron chi connectivity index (χ4n) is 7.42. The fourth-order valence-corrected chi connectivity index (χ4v) is 7.42. The molecular formula is C41H26N4. The van der Waals surface area contributed by atoms with Crippen LogP contribution >= 0.6 is 0 Å². The normalized spacial score (nSPS) is 12.0. The summed E-state index contributed by atoms with van der Waals surface area (Å²) in [7, 11) is 0. The Bertz CT molecular complexity index is 2750. The van der Waals surface area contributed by atoms with E-state index in [1.165, 1.54) is 54.4 Å². The van der Waals surface area contributed by atoms with Crippen LogP contribution in [0.15, 0.2) is 158 Å². The lowest BCUT2D eigenvalue weighted by molar-refractivity contribution is 1.09. The SMILES string of the molecule is c1ccc(-n2cnc3c(-n4c5ccccc5c5ccc6c(c7c8ccccc8ccc7n6-c6ccccc6)c54)cccc32)cc1. The van der Waals surface area contributed by atoms with Crippen molar-refractivity contribution in [1.29, 1.82) is 0 Å². The number of benzene rings is 7. The van der Waals surface area contributed by atoms with Crippen LogP contribution in [0.25, 0.3) is 82.5 Å². The van der Waals surface area contributed by atoms with Gasteiger partial charge in [0.05, 0.1) is 33.3 Å². The zero-order valence-electron chi connectivity index (χ0n) is 24.3. The quantitative estimate of drug-likeness (QED) is 0.206. The molecule has 0 bridgehead atoms. The molecule has 0 fully saturated rings. The van der Waals surface area contributed by atoms with Crippen LogP contribution < -0.4 is 0 Å². The van der Waals surface area contributed by atoms with E-state index in [0.29, 0.717) is 0 Å². The summed E-state index contributed by atoms with van der Waals surface area (Å²) in [6.45, 7) is 0. The minimum absolute atomic E-state index is 0.970. The molecular weight excluding hydrogens is 548 g/mol. The number of nitrogens with zero attached hydrogens (tertiary/aromatic N) is 4. The molecule has 0 N–H and O–H groups in total. The van der Waals surface area contributed by atoms with Crippen LogP contribution in [0.3, 0.4) is 0 Å². The van der Waals surface area contributed by atoms with Gasteiger partial charge in [0.2, 0.25) is 0 Å². The number of imidazole rings is 1. The van der Waals surface area contributed by atoms with E-state index in [1.54, 1.807) is 0 Å². The van der Waals surface area contributed by atoms with Gasteiger partial charge in [0, 0.05) is 32.9 Å². The van der Waals surface area contributed by atoms with Crippen molar-refractivity contribution in [2.75, 3.05) is 0 Å². The third-order valence-corrected chi connectivity index (χ3v) is 9.30. The van der Waals surface area contributed by atoms with Gasteiger partial charge in [-0.25, -0.2) is 4.98 Å². The topological polar surface area (TPSA) is 27.7 Å². The summed E-state index contributed by atoms with van der Waals surface area (Å²) in [5.41, 5.74) is 10.1. The average molecular weight is 575 g/mol. The maximum absolute atomic E-state index is 5.05. The first-order valence-corrected chi connectivity index (χ1v) is 15.3. The first kappa shape index (κ1) is 24.3. The van der Waals surface area contributed by atoms with Crippen LogP contribution in [0.2, 0.25) is 0 Å². The van der Waals surface area contributed by atoms with Gasteiger partial charge in [-0.15, -0.1) is 0 Å². The molecule has 0 aliphatic heterocycles. The molecule has 3 heterocycles. The van der Waals surface area contributed by atoms with E-state index in [4.69, 9.17) is 4.98 Å². The van der Waals surface area contributed by atoms with Gasteiger partial charge in [-0.1, -0.05) is 97.1 Å². The van der Waals surface area contributed by atoms with Crippen LogP contribution in [0.4, 0.5) is 0 Å². The molecule has 4 heteroatoms. The Morgan fingerprint density at radius 1 is 0.400 bits per heavy atom. The number of hydrogen-bond donors (Lipinski definition) is 0. The molecule has 0 saturated carbocycles. The number of hydrogen-bond acceptors (Lipinski definition) is 1. The summed E-state index contributed by atoms with van der Waals surface area (Å²) in [4.78, 5) is 5.05. The number of aromatic nitrogens is 4. The molecule has 0 unspecified atom stereocenters. The predicted molar refractivity (Wildman–Crippen MR) is 187 cm³/mol. The van der Waals surface area contributed by atoms with Crippen molar-refractivity contribution >= 4 is 65.4 Å². The molecule has 10 rings (SSSR count). The molecule has 10 aromatic rings. The predicted octanol–water partition coefficient (Wildman–Crippen LogP) is 10.4. The second kappa shape index (κ2) is 9.18. The molecule has 4 nitrogen and oxygen atoms in total. The third-order valence-electron chi connectivity index (χ3n) is 9.30. The molecule has 0 amide bonds. The molecule has 0 saturated heterocycles. The highest BCUT2D eigenvalue weighted by atomic mass is 15.1. The van der Waals surface area contributed by atoms with Crippen molar-refractivity contribution in [3.05, 3.63) is 158 Å². The van der Waals surface area contributed by atoms with Gasteiger partial charge < -0.3 is 9.13 Å². The van der Waals surface area contributed by atoms with Crippen LogP contribution in [0.5, 0.6) is 0 Å². The van der Waals surface area contributed by atoms with E-state index in [9.17, 15) is 0 Å². The van der Waals surface area contributed by atoms with Crippen molar-refractivity contribution < 1.29 is 0 Å².